The van der Waals surface area contributed by atoms with Crippen molar-refractivity contribution in [2.45, 2.75) is 45.4 Å². The minimum atomic E-state index is -0.574. The Bertz CT molecular complexity index is 710. The van der Waals surface area contributed by atoms with E-state index in [-0.39, 0.29) is 17.1 Å². The lowest BCUT2D eigenvalue weighted by molar-refractivity contribution is -0.145. The minimum absolute atomic E-state index is 0.0462. The Balaban J connectivity index is 2.20. The maximum Gasteiger partial charge on any atom is 0.148 e. The normalized spacial score (nSPS) is 32.8. The first kappa shape index (κ1) is 15.0. The highest BCUT2D eigenvalue weighted by Gasteiger charge is 2.58. The van der Waals surface area contributed by atoms with Crippen LogP contribution in [-0.2, 0) is 28.5 Å². The van der Waals surface area contributed by atoms with E-state index in [4.69, 9.17) is 0 Å². The molecule has 22 heavy (non-hydrogen) atoms. The fourth-order valence-corrected chi connectivity index (χ4v) is 4.88. The molecule has 0 amide bonds. The summed E-state index contributed by atoms with van der Waals surface area (Å²) in [6.07, 6.45) is 2.91. The average Bonchev–Trinajstić information content (AvgIpc) is 2.80. The zero-order valence-corrected chi connectivity index (χ0v) is 13.5. The third-order valence-corrected chi connectivity index (χ3v) is 5.90. The van der Waals surface area contributed by atoms with Crippen LogP contribution in [0.5, 0.6) is 0 Å². The Morgan fingerprint density at radius 1 is 1.41 bits per heavy atom. The first-order valence-electron chi connectivity index (χ1n) is 7.73. The molecule has 0 saturated heterocycles. The van der Waals surface area contributed by atoms with E-state index >= 15 is 0 Å². The zero-order valence-electron chi connectivity index (χ0n) is 13.5. The first-order valence-corrected chi connectivity index (χ1v) is 7.73. The number of aryl methyl sites for hydroxylation is 1. The smallest absolute Gasteiger partial charge is 0.148 e. The molecule has 0 spiro atoms. The summed E-state index contributed by atoms with van der Waals surface area (Å²) < 4.78 is 1.64. The quantitative estimate of drug-likeness (QED) is 0.586. The van der Waals surface area contributed by atoms with Crippen molar-refractivity contribution in [3.05, 3.63) is 17.0 Å². The van der Waals surface area contributed by atoms with Gasteiger partial charge in [0.25, 0.3) is 0 Å². The van der Waals surface area contributed by atoms with Gasteiger partial charge < -0.3 is 4.79 Å². The van der Waals surface area contributed by atoms with Gasteiger partial charge in [-0.15, -0.1) is 0 Å². The molecule has 1 saturated carbocycles. The number of carbonyl (C=O) groups is 2. The Labute approximate surface area is 130 Å². The number of rotatable bonds is 1. The van der Waals surface area contributed by atoms with Gasteiger partial charge in [-0.2, -0.15) is 10.4 Å². The molecule has 0 radical (unpaired) electrons. The molecule has 1 aromatic heterocycles. The number of hydrogen-bond donors (Lipinski definition) is 0. The molecule has 1 aromatic rings. The average molecular weight is 299 g/mol. The van der Waals surface area contributed by atoms with Gasteiger partial charge in [0.1, 0.15) is 23.8 Å². The molecule has 2 aliphatic rings. The van der Waals surface area contributed by atoms with Crippen LogP contribution in [0.1, 0.15) is 50.6 Å². The second-order valence-corrected chi connectivity index (χ2v) is 7.45. The highest BCUT2D eigenvalue weighted by Crippen LogP contribution is 2.56. The number of ketones is 1. The predicted octanol–water partition coefficient (Wildman–Crippen LogP) is 1.93. The van der Waals surface area contributed by atoms with Crippen molar-refractivity contribution in [3.63, 3.8) is 0 Å². The summed E-state index contributed by atoms with van der Waals surface area (Å²) >= 11 is 0. The van der Waals surface area contributed by atoms with Crippen LogP contribution < -0.4 is 0 Å². The van der Waals surface area contributed by atoms with Gasteiger partial charge in [0, 0.05) is 23.4 Å². The number of hydrogen-bond acceptors (Lipinski definition) is 4. The van der Waals surface area contributed by atoms with Crippen molar-refractivity contribution in [2.75, 3.05) is 0 Å². The van der Waals surface area contributed by atoms with E-state index in [1.807, 2.05) is 13.8 Å². The summed E-state index contributed by atoms with van der Waals surface area (Å²) in [7, 11) is 1.78. The van der Waals surface area contributed by atoms with E-state index in [0.717, 1.165) is 30.4 Å². The number of aromatic nitrogens is 2. The summed E-state index contributed by atoms with van der Waals surface area (Å²) in [5.74, 6) is -0.378. The van der Waals surface area contributed by atoms with Gasteiger partial charge in [-0.1, -0.05) is 20.8 Å². The molecule has 5 heteroatoms. The van der Waals surface area contributed by atoms with Crippen LogP contribution in [-0.4, -0.2) is 21.8 Å². The van der Waals surface area contributed by atoms with Crippen LogP contribution in [0.15, 0.2) is 0 Å². The SMILES string of the molecule is Cn1nc2c(c1C#N)CC[C@H]1C(C)(C)C(=O)C(C=O)C[C@]21C. The van der Waals surface area contributed by atoms with Gasteiger partial charge in [0.05, 0.1) is 11.6 Å². The van der Waals surface area contributed by atoms with E-state index in [2.05, 4.69) is 18.1 Å². The predicted molar refractivity (Wildman–Crippen MR) is 80.0 cm³/mol. The van der Waals surface area contributed by atoms with Crippen LogP contribution in [0.3, 0.4) is 0 Å². The third-order valence-electron chi connectivity index (χ3n) is 5.90. The molecule has 3 atom stereocenters. The van der Waals surface area contributed by atoms with Crippen molar-refractivity contribution >= 4 is 12.1 Å². The van der Waals surface area contributed by atoms with Gasteiger partial charge >= 0.3 is 0 Å². The molecular formula is C17H21N3O2. The highest BCUT2D eigenvalue weighted by atomic mass is 16.1. The highest BCUT2D eigenvalue weighted by molar-refractivity contribution is 5.98. The number of nitrogens with zero attached hydrogens (tertiary/aromatic N) is 3. The molecule has 0 aliphatic heterocycles. The van der Waals surface area contributed by atoms with E-state index in [1.54, 1.807) is 11.7 Å². The van der Waals surface area contributed by atoms with Crippen LogP contribution in [0, 0.1) is 28.6 Å². The lowest BCUT2D eigenvalue weighted by atomic mass is 9.49. The lowest BCUT2D eigenvalue weighted by Gasteiger charge is -2.53. The topological polar surface area (TPSA) is 75.8 Å². The van der Waals surface area contributed by atoms with E-state index in [1.165, 1.54) is 0 Å². The van der Waals surface area contributed by atoms with Gasteiger partial charge in [-0.05, 0) is 25.2 Å². The molecule has 0 N–H and O–H groups in total. The monoisotopic (exact) mass is 299 g/mol. The zero-order chi connectivity index (χ0) is 16.3. The molecule has 5 nitrogen and oxygen atoms in total. The number of nitriles is 1. The summed E-state index contributed by atoms with van der Waals surface area (Å²) in [5, 5.41) is 14.0. The molecule has 1 heterocycles. The molecule has 1 fully saturated rings. The Morgan fingerprint density at radius 3 is 2.68 bits per heavy atom. The fraction of sp³-hybridized carbons (Fsp3) is 0.647. The number of carbonyl (C=O) groups excluding carboxylic acids is 2. The third kappa shape index (κ3) is 1.67. The van der Waals surface area contributed by atoms with Crippen LogP contribution >= 0.6 is 0 Å². The molecule has 3 rings (SSSR count). The van der Waals surface area contributed by atoms with E-state index < -0.39 is 11.3 Å². The maximum atomic E-state index is 12.6. The Hall–Kier alpha value is -1.96. The molecule has 0 aromatic carbocycles. The molecular weight excluding hydrogens is 278 g/mol. The molecule has 1 unspecified atom stereocenters. The number of fused-ring (bicyclic) bond motifs is 3. The van der Waals surface area contributed by atoms with Crippen LogP contribution in [0.2, 0.25) is 0 Å². The Kier molecular flexibility index (Phi) is 3.07. The van der Waals surface area contributed by atoms with Gasteiger partial charge in [0.15, 0.2) is 0 Å². The lowest BCUT2D eigenvalue weighted by Crippen LogP contribution is -2.56. The Morgan fingerprint density at radius 2 is 2.09 bits per heavy atom. The largest absolute Gasteiger partial charge is 0.303 e. The number of aldehydes is 1. The van der Waals surface area contributed by atoms with Crippen LogP contribution in [0.25, 0.3) is 0 Å². The van der Waals surface area contributed by atoms with Gasteiger partial charge in [-0.25, -0.2) is 0 Å². The van der Waals surface area contributed by atoms with Gasteiger partial charge in [0.2, 0.25) is 0 Å². The summed E-state index contributed by atoms with van der Waals surface area (Å²) in [4.78, 5) is 24.0. The molecule has 2 aliphatic carbocycles. The standard InChI is InChI=1S/C17H21N3O2/c1-16(2)13-6-5-11-12(8-18)20(4)19-14(11)17(13,3)7-10(9-21)15(16)22/h9-10,13H,5-7H2,1-4H3/t10?,13-,17-/m0/s1. The molecule has 116 valence electrons. The van der Waals surface area contributed by atoms with Gasteiger partial charge in [-0.3, -0.25) is 9.48 Å². The number of Topliss-reactive ketones (excluding diaryl/α,β-unsaturated/α-hetero) is 1. The van der Waals surface area contributed by atoms with Crippen molar-refractivity contribution in [3.8, 4) is 6.07 Å². The maximum absolute atomic E-state index is 12.6. The summed E-state index contributed by atoms with van der Waals surface area (Å²) in [6, 6.07) is 2.23. The van der Waals surface area contributed by atoms with Crippen molar-refractivity contribution in [1.29, 1.82) is 5.26 Å². The van der Waals surface area contributed by atoms with E-state index in [9.17, 15) is 14.9 Å². The minimum Gasteiger partial charge on any atom is -0.303 e. The van der Waals surface area contributed by atoms with E-state index in [0.29, 0.717) is 12.1 Å². The first-order chi connectivity index (χ1) is 10.3. The van der Waals surface area contributed by atoms with Crippen LogP contribution in [0.4, 0.5) is 0 Å². The van der Waals surface area contributed by atoms with Crippen molar-refractivity contribution in [1.82, 2.24) is 9.78 Å². The molecule has 0 bridgehead atoms. The van der Waals surface area contributed by atoms with Crippen molar-refractivity contribution in [2.24, 2.45) is 24.3 Å². The summed E-state index contributed by atoms with van der Waals surface area (Å²) in [5.41, 5.74) is 1.64. The second kappa shape index (κ2) is 4.52. The van der Waals surface area contributed by atoms with Crippen molar-refractivity contribution < 1.29 is 9.59 Å². The fourth-order valence-electron chi connectivity index (χ4n) is 4.88. The summed E-state index contributed by atoms with van der Waals surface area (Å²) in [6.45, 7) is 6.01. The second-order valence-electron chi connectivity index (χ2n) is 7.45.